The minimum Gasteiger partial charge on any atom is -0.491 e. The Balaban J connectivity index is 1.59. The molecule has 3 unspecified atom stereocenters. The number of carbonyl (C=O) groups is 1. The normalized spacial score (nSPS) is 13.7. The highest BCUT2D eigenvalue weighted by Gasteiger charge is 2.29. The number of carbonyl (C=O) groups excluding carboxylic acids is 1. The summed E-state index contributed by atoms with van der Waals surface area (Å²) in [4.78, 5) is 17.4. The van der Waals surface area contributed by atoms with Crippen molar-refractivity contribution in [1.82, 2.24) is 0 Å². The number of hydrogen-bond acceptors (Lipinski definition) is 8. The van der Waals surface area contributed by atoms with Gasteiger partial charge < -0.3 is 14.2 Å². The van der Waals surface area contributed by atoms with Crippen molar-refractivity contribution in [2.24, 2.45) is 17.8 Å². The number of rotatable bonds is 22. The van der Waals surface area contributed by atoms with Gasteiger partial charge in [-0.1, -0.05) is 99.3 Å². The first-order valence-electron chi connectivity index (χ1n) is 19.8. The van der Waals surface area contributed by atoms with E-state index in [9.17, 15) is 4.79 Å². The summed E-state index contributed by atoms with van der Waals surface area (Å²) in [6.45, 7) is 19.1. The number of halogens is 1. The van der Waals surface area contributed by atoms with Gasteiger partial charge in [-0.2, -0.15) is 0 Å². The number of benzene rings is 1. The quantitative estimate of drug-likeness (QED) is 0.0656. The van der Waals surface area contributed by atoms with Crippen LogP contribution in [0.3, 0.4) is 0 Å². The number of aryl methyl sites for hydroxylation is 2. The number of ether oxygens (including phenoxy) is 3. The molecule has 5 rings (SSSR count). The van der Waals surface area contributed by atoms with Crippen LogP contribution in [0.15, 0.2) is 12.1 Å². The third kappa shape index (κ3) is 9.18. The number of esters is 1. The average molecular weight is 787 g/mol. The molecule has 0 N–H and O–H groups in total. The Labute approximate surface area is 327 Å². The zero-order chi connectivity index (χ0) is 37.4. The first-order chi connectivity index (χ1) is 25.2. The van der Waals surface area contributed by atoms with Crippen LogP contribution < -0.4 is 9.47 Å². The average Bonchev–Trinajstić information content (AvgIpc) is 3.92. The first kappa shape index (κ1) is 41.0. The van der Waals surface area contributed by atoms with Crippen molar-refractivity contribution in [2.45, 2.75) is 132 Å². The Bertz CT molecular complexity index is 1840. The molecule has 286 valence electrons. The van der Waals surface area contributed by atoms with Crippen LogP contribution in [-0.4, -0.2) is 25.8 Å². The summed E-state index contributed by atoms with van der Waals surface area (Å²) in [6.07, 6.45) is 13.4. The molecule has 9 heteroatoms. The highest BCUT2D eigenvalue weighted by atomic mass is 32.1. The van der Waals surface area contributed by atoms with Crippen LogP contribution in [0.4, 0.5) is 4.39 Å². The lowest BCUT2D eigenvalue weighted by molar-refractivity contribution is 0.0429. The molecule has 0 bridgehead atoms. The van der Waals surface area contributed by atoms with Gasteiger partial charge in [-0.05, 0) is 63.0 Å². The number of fused-ring (bicyclic) bond motifs is 3. The summed E-state index contributed by atoms with van der Waals surface area (Å²) in [5.74, 6) is 2.09. The fourth-order valence-electron chi connectivity index (χ4n) is 7.00. The predicted octanol–water partition coefficient (Wildman–Crippen LogP) is 15.4. The molecular formula is C43H59FO4S4. The van der Waals surface area contributed by atoms with Crippen LogP contribution >= 0.6 is 45.3 Å². The Morgan fingerprint density at radius 3 is 1.73 bits per heavy atom. The van der Waals surface area contributed by atoms with Gasteiger partial charge in [-0.15, -0.1) is 45.3 Å². The van der Waals surface area contributed by atoms with E-state index < -0.39 is 11.8 Å². The largest absolute Gasteiger partial charge is 0.491 e. The molecule has 0 aliphatic heterocycles. The maximum Gasteiger partial charge on any atom is 0.351 e. The van der Waals surface area contributed by atoms with Crippen molar-refractivity contribution < 1.29 is 23.4 Å². The lowest BCUT2D eigenvalue weighted by Gasteiger charge is -2.19. The van der Waals surface area contributed by atoms with Crippen molar-refractivity contribution in [3.8, 4) is 21.3 Å². The van der Waals surface area contributed by atoms with Gasteiger partial charge >= 0.3 is 5.97 Å². The van der Waals surface area contributed by atoms with Gasteiger partial charge in [0, 0.05) is 30.8 Å². The van der Waals surface area contributed by atoms with Gasteiger partial charge in [0.1, 0.15) is 16.4 Å². The first-order valence-corrected chi connectivity index (χ1v) is 23.1. The predicted molar refractivity (Wildman–Crippen MR) is 227 cm³/mol. The number of unbranched alkanes of at least 4 members (excludes halogenated alkanes) is 3. The molecular weight excluding hydrogens is 728 g/mol. The standard InChI is InChI=1S/C43H59FO4S4/c1-9-15-18-28(12-4)23-46-36-31-21-26(7)49-39(31)37(47-24-29(13-5)19-16-10-2)32-22-33(51-40(32)36)41-34-35(44)42(52-38(34)27(8)50-41)43(45)48-25-30(14-6)20-17-11-3/h21-22,28-30H,9-20,23-25H2,1-8H3. The Hall–Kier alpha value is -2.20. The van der Waals surface area contributed by atoms with Crippen LogP contribution in [0.5, 0.6) is 11.5 Å². The van der Waals surface area contributed by atoms with Crippen LogP contribution in [0.2, 0.25) is 0 Å². The molecule has 0 spiro atoms. The van der Waals surface area contributed by atoms with E-state index in [2.05, 4.69) is 60.6 Å². The molecule has 1 aromatic carbocycles. The minimum atomic E-state index is -0.551. The molecule has 0 amide bonds. The van der Waals surface area contributed by atoms with Gasteiger partial charge in [0.15, 0.2) is 5.82 Å². The van der Waals surface area contributed by atoms with E-state index in [1.165, 1.54) is 41.9 Å². The SMILES string of the molecule is CCCCC(CC)COC(=O)c1sc2c(C)sc(-c3cc4c(OCC(CC)CCCC)c5sc(C)cc5c(OCC(CC)CCCC)c4s3)c2c1F. The molecule has 4 nitrogen and oxygen atoms in total. The fourth-order valence-corrected chi connectivity index (χ4v) is 11.6. The summed E-state index contributed by atoms with van der Waals surface area (Å²) in [5.41, 5.74) is 0. The molecule has 3 atom stereocenters. The molecule has 0 aliphatic carbocycles. The molecule has 0 saturated heterocycles. The summed E-state index contributed by atoms with van der Waals surface area (Å²) in [6, 6.07) is 4.44. The fraction of sp³-hybridized carbons (Fsp3) is 0.605. The van der Waals surface area contributed by atoms with Crippen molar-refractivity contribution in [1.29, 1.82) is 0 Å². The van der Waals surface area contributed by atoms with Gasteiger partial charge in [0.25, 0.3) is 0 Å². The summed E-state index contributed by atoms with van der Waals surface area (Å²) >= 11 is 6.25. The van der Waals surface area contributed by atoms with Crippen molar-refractivity contribution in [3.05, 3.63) is 32.6 Å². The monoisotopic (exact) mass is 786 g/mol. The second kappa shape index (κ2) is 19.4. The molecule has 4 heterocycles. The topological polar surface area (TPSA) is 44.8 Å². The van der Waals surface area contributed by atoms with Gasteiger partial charge in [-0.3, -0.25) is 0 Å². The van der Waals surface area contributed by atoms with Gasteiger partial charge in [-0.25, -0.2) is 9.18 Å². The van der Waals surface area contributed by atoms with E-state index in [0.29, 0.717) is 43.0 Å². The minimum absolute atomic E-state index is 0.0769. The van der Waals surface area contributed by atoms with E-state index in [0.717, 1.165) is 102 Å². The molecule has 0 saturated carbocycles. The van der Waals surface area contributed by atoms with Gasteiger partial charge in [0.05, 0.1) is 38.8 Å². The van der Waals surface area contributed by atoms with Crippen molar-refractivity contribution in [2.75, 3.05) is 19.8 Å². The zero-order valence-corrected chi connectivity index (χ0v) is 35.9. The number of hydrogen-bond donors (Lipinski definition) is 0. The number of thiophene rings is 4. The van der Waals surface area contributed by atoms with Crippen LogP contribution in [0, 0.1) is 37.4 Å². The maximum absolute atomic E-state index is 16.5. The van der Waals surface area contributed by atoms with Crippen molar-refractivity contribution in [3.63, 3.8) is 0 Å². The van der Waals surface area contributed by atoms with E-state index in [1.54, 1.807) is 34.0 Å². The Morgan fingerprint density at radius 2 is 1.19 bits per heavy atom. The highest BCUT2D eigenvalue weighted by Crippen LogP contribution is 2.54. The van der Waals surface area contributed by atoms with Gasteiger partial charge in [0.2, 0.25) is 0 Å². The van der Waals surface area contributed by atoms with Crippen LogP contribution in [0.1, 0.15) is 138 Å². The molecule has 52 heavy (non-hydrogen) atoms. The third-order valence-corrected chi connectivity index (χ3v) is 15.4. The molecule has 4 aromatic heterocycles. The summed E-state index contributed by atoms with van der Waals surface area (Å²) < 4.78 is 38.9. The second-order valence-electron chi connectivity index (χ2n) is 14.5. The lowest BCUT2D eigenvalue weighted by atomic mass is 10.0. The van der Waals surface area contributed by atoms with E-state index in [4.69, 9.17) is 14.2 Å². The Morgan fingerprint density at radius 1 is 0.673 bits per heavy atom. The lowest BCUT2D eigenvalue weighted by Crippen LogP contribution is -2.14. The Kier molecular flexibility index (Phi) is 15.3. The highest BCUT2D eigenvalue weighted by molar-refractivity contribution is 7.30. The summed E-state index contributed by atoms with van der Waals surface area (Å²) in [5, 5.41) is 2.67. The zero-order valence-electron chi connectivity index (χ0n) is 32.6. The van der Waals surface area contributed by atoms with E-state index in [-0.39, 0.29) is 4.88 Å². The molecule has 0 radical (unpaired) electrons. The van der Waals surface area contributed by atoms with E-state index in [1.807, 2.05) is 6.92 Å². The third-order valence-electron chi connectivity index (χ3n) is 10.6. The van der Waals surface area contributed by atoms with Crippen LogP contribution in [0.25, 0.3) is 40.0 Å². The second-order valence-corrected chi connectivity index (χ2v) is 19.1. The molecule has 5 aromatic rings. The maximum atomic E-state index is 16.5. The smallest absolute Gasteiger partial charge is 0.351 e. The van der Waals surface area contributed by atoms with Crippen molar-refractivity contribution >= 4 is 81.6 Å². The molecule has 0 fully saturated rings. The van der Waals surface area contributed by atoms with Crippen LogP contribution in [-0.2, 0) is 4.74 Å². The molecule has 0 aliphatic rings. The van der Waals surface area contributed by atoms with E-state index >= 15 is 4.39 Å². The summed E-state index contributed by atoms with van der Waals surface area (Å²) in [7, 11) is 0.